The second-order valence-electron chi connectivity index (χ2n) is 4.98. The van der Waals surface area contributed by atoms with Crippen LogP contribution in [-0.2, 0) is 16.6 Å². The zero-order chi connectivity index (χ0) is 14.8. The normalized spacial score (nSPS) is 16.0. The molecule has 1 aliphatic rings. The van der Waals surface area contributed by atoms with Crippen LogP contribution in [0.15, 0.2) is 14.7 Å². The summed E-state index contributed by atoms with van der Waals surface area (Å²) < 4.78 is 28.0. The van der Waals surface area contributed by atoms with Gasteiger partial charge in [0.05, 0.1) is 3.79 Å². The van der Waals surface area contributed by atoms with Gasteiger partial charge >= 0.3 is 0 Å². The fraction of sp³-hybridized carbons (Fsp3) is 0.692. The van der Waals surface area contributed by atoms with Gasteiger partial charge in [-0.3, -0.25) is 0 Å². The Balaban J connectivity index is 2.25. The van der Waals surface area contributed by atoms with Gasteiger partial charge in [0, 0.05) is 24.0 Å². The summed E-state index contributed by atoms with van der Waals surface area (Å²) in [5.74, 6) is 0. The summed E-state index contributed by atoms with van der Waals surface area (Å²) in [6, 6.07) is 2.02. The Labute approximate surface area is 133 Å². The van der Waals surface area contributed by atoms with Gasteiger partial charge in [-0.15, -0.1) is 11.3 Å². The van der Waals surface area contributed by atoms with Crippen molar-refractivity contribution in [3.8, 4) is 0 Å². The van der Waals surface area contributed by atoms with Crippen molar-refractivity contribution in [2.24, 2.45) is 0 Å². The van der Waals surface area contributed by atoms with E-state index in [0.29, 0.717) is 21.8 Å². The maximum Gasteiger partial charge on any atom is 0.245 e. The van der Waals surface area contributed by atoms with Crippen LogP contribution >= 0.6 is 27.3 Å². The fourth-order valence-electron chi connectivity index (χ4n) is 2.12. The molecule has 0 unspecified atom stereocenters. The van der Waals surface area contributed by atoms with E-state index in [1.165, 1.54) is 11.3 Å². The van der Waals surface area contributed by atoms with E-state index in [0.717, 1.165) is 30.7 Å². The van der Waals surface area contributed by atoms with Crippen molar-refractivity contribution < 1.29 is 8.42 Å². The molecule has 0 aromatic carbocycles. The van der Waals surface area contributed by atoms with E-state index in [-0.39, 0.29) is 6.04 Å². The maximum atomic E-state index is 12.8. The lowest BCUT2D eigenvalue weighted by Crippen LogP contribution is -2.33. The molecule has 20 heavy (non-hydrogen) atoms. The highest BCUT2D eigenvalue weighted by atomic mass is 79.9. The molecule has 1 aromatic rings. The van der Waals surface area contributed by atoms with Crippen molar-refractivity contribution >= 4 is 37.3 Å². The average Bonchev–Trinajstić information content (AvgIpc) is 3.16. The number of thiophene rings is 1. The van der Waals surface area contributed by atoms with Gasteiger partial charge in [-0.2, -0.15) is 4.31 Å². The predicted molar refractivity (Wildman–Crippen MR) is 86.6 cm³/mol. The van der Waals surface area contributed by atoms with Gasteiger partial charge in [-0.1, -0.05) is 13.8 Å². The molecule has 2 rings (SSSR count). The van der Waals surface area contributed by atoms with Gasteiger partial charge in [0.25, 0.3) is 0 Å². The molecule has 1 aliphatic carbocycles. The molecule has 0 aliphatic heterocycles. The van der Waals surface area contributed by atoms with Crippen LogP contribution < -0.4 is 5.32 Å². The van der Waals surface area contributed by atoms with E-state index in [1.54, 1.807) is 10.4 Å². The Hall–Kier alpha value is 0.0500. The zero-order valence-corrected chi connectivity index (χ0v) is 15.1. The summed E-state index contributed by atoms with van der Waals surface area (Å²) in [6.07, 6.45) is 2.83. The lowest BCUT2D eigenvalue weighted by molar-refractivity contribution is 0.403. The summed E-state index contributed by atoms with van der Waals surface area (Å²) in [5, 5.41) is 3.23. The predicted octanol–water partition coefficient (Wildman–Crippen LogP) is 3.18. The lowest BCUT2D eigenvalue weighted by Gasteiger charge is -2.20. The second kappa shape index (κ2) is 6.87. The molecule has 1 heterocycles. The minimum absolute atomic E-state index is 0.212. The van der Waals surface area contributed by atoms with Gasteiger partial charge in [0.15, 0.2) is 0 Å². The highest BCUT2D eigenvalue weighted by molar-refractivity contribution is 9.11. The van der Waals surface area contributed by atoms with Crippen molar-refractivity contribution in [2.45, 2.75) is 50.6 Å². The minimum atomic E-state index is -3.37. The van der Waals surface area contributed by atoms with E-state index >= 15 is 0 Å². The molecular formula is C13H21BrN2O2S2. The zero-order valence-electron chi connectivity index (χ0n) is 11.9. The van der Waals surface area contributed by atoms with Crippen molar-refractivity contribution in [1.29, 1.82) is 0 Å². The van der Waals surface area contributed by atoms with Gasteiger partial charge in [-0.05, 0) is 47.8 Å². The van der Waals surface area contributed by atoms with Crippen LogP contribution in [-0.4, -0.2) is 31.9 Å². The highest BCUT2D eigenvalue weighted by Gasteiger charge is 2.38. The van der Waals surface area contributed by atoms with Crippen molar-refractivity contribution in [1.82, 2.24) is 9.62 Å². The molecule has 0 saturated heterocycles. The second-order valence-corrected chi connectivity index (χ2v) is 9.29. The fourth-order valence-corrected chi connectivity index (χ4v) is 6.50. The number of hydrogen-bond acceptors (Lipinski definition) is 4. The van der Waals surface area contributed by atoms with E-state index < -0.39 is 10.0 Å². The summed E-state index contributed by atoms with van der Waals surface area (Å²) in [7, 11) is -3.37. The van der Waals surface area contributed by atoms with Crippen molar-refractivity contribution in [3.63, 3.8) is 0 Å². The molecule has 1 saturated carbocycles. The first-order chi connectivity index (χ1) is 9.50. The molecule has 0 bridgehead atoms. The highest BCUT2D eigenvalue weighted by Crippen LogP contribution is 2.38. The van der Waals surface area contributed by atoms with Crippen LogP contribution in [0.5, 0.6) is 0 Å². The van der Waals surface area contributed by atoms with Crippen LogP contribution in [0.25, 0.3) is 0 Å². The monoisotopic (exact) mass is 380 g/mol. The maximum absolute atomic E-state index is 12.8. The Morgan fingerprint density at radius 2 is 2.15 bits per heavy atom. The van der Waals surface area contributed by atoms with E-state index in [2.05, 4.69) is 21.2 Å². The SMILES string of the molecule is CCCN(C1CC1)S(=O)(=O)c1cc(CNCC)sc1Br. The number of nitrogens with zero attached hydrogens (tertiary/aromatic N) is 1. The molecule has 4 nitrogen and oxygen atoms in total. The Kier molecular flexibility index (Phi) is 5.64. The molecule has 1 aromatic heterocycles. The third-order valence-corrected chi connectivity index (χ3v) is 7.44. The van der Waals surface area contributed by atoms with Crippen molar-refractivity contribution in [3.05, 3.63) is 14.7 Å². The lowest BCUT2D eigenvalue weighted by atomic mass is 10.4. The van der Waals surface area contributed by atoms with Crippen LogP contribution in [0.2, 0.25) is 0 Å². The smallest absolute Gasteiger partial charge is 0.245 e. The topological polar surface area (TPSA) is 49.4 Å². The van der Waals surface area contributed by atoms with Gasteiger partial charge < -0.3 is 5.32 Å². The van der Waals surface area contributed by atoms with Crippen LogP contribution in [0, 0.1) is 0 Å². The molecule has 0 spiro atoms. The third kappa shape index (κ3) is 3.62. The molecule has 1 N–H and O–H groups in total. The number of nitrogens with one attached hydrogen (secondary N) is 1. The van der Waals surface area contributed by atoms with Crippen LogP contribution in [0.3, 0.4) is 0 Å². The first-order valence-corrected chi connectivity index (χ1v) is 10.1. The molecule has 0 atom stereocenters. The van der Waals surface area contributed by atoms with Gasteiger partial charge in [0.1, 0.15) is 4.90 Å². The summed E-state index contributed by atoms with van der Waals surface area (Å²) in [4.78, 5) is 1.47. The Bertz CT molecular complexity index is 553. The minimum Gasteiger partial charge on any atom is -0.312 e. The third-order valence-electron chi connectivity index (χ3n) is 3.24. The van der Waals surface area contributed by atoms with Gasteiger partial charge in [-0.25, -0.2) is 8.42 Å². The first-order valence-electron chi connectivity index (χ1n) is 7.01. The summed E-state index contributed by atoms with van der Waals surface area (Å²) in [5.41, 5.74) is 0. The van der Waals surface area contributed by atoms with Gasteiger partial charge in [0.2, 0.25) is 10.0 Å². The van der Waals surface area contributed by atoms with E-state index in [4.69, 9.17) is 0 Å². The number of hydrogen-bond donors (Lipinski definition) is 1. The molecule has 0 amide bonds. The molecule has 114 valence electrons. The van der Waals surface area contributed by atoms with Crippen LogP contribution in [0.4, 0.5) is 0 Å². The van der Waals surface area contributed by atoms with E-state index in [1.807, 2.05) is 13.8 Å². The Morgan fingerprint density at radius 1 is 1.45 bits per heavy atom. The van der Waals surface area contributed by atoms with Crippen LogP contribution in [0.1, 0.15) is 38.0 Å². The first kappa shape index (κ1) is 16.4. The summed E-state index contributed by atoms with van der Waals surface area (Å²) in [6.45, 7) is 6.26. The molecule has 0 radical (unpaired) electrons. The largest absolute Gasteiger partial charge is 0.312 e. The Morgan fingerprint density at radius 3 is 2.70 bits per heavy atom. The average molecular weight is 381 g/mol. The van der Waals surface area contributed by atoms with Crippen molar-refractivity contribution in [2.75, 3.05) is 13.1 Å². The number of halogens is 1. The summed E-state index contributed by atoms with van der Waals surface area (Å²) >= 11 is 4.92. The van der Waals surface area contributed by atoms with E-state index in [9.17, 15) is 8.42 Å². The quantitative estimate of drug-likeness (QED) is 0.753. The molecule has 1 fully saturated rings. The number of rotatable bonds is 8. The molecular weight excluding hydrogens is 360 g/mol. The molecule has 7 heteroatoms. The standard InChI is InChI=1S/C13H21BrN2O2S2/c1-3-7-16(10-5-6-10)20(17,18)12-8-11(9-15-4-2)19-13(12)14/h8,10,15H,3-7,9H2,1-2H3. The number of sulfonamides is 1.